The summed E-state index contributed by atoms with van der Waals surface area (Å²) in [6.07, 6.45) is 7.23. The average Bonchev–Trinajstić information content (AvgIpc) is 2.41. The third-order valence-corrected chi connectivity index (χ3v) is 4.32. The van der Waals surface area contributed by atoms with Crippen LogP contribution in [0.3, 0.4) is 0 Å². The summed E-state index contributed by atoms with van der Waals surface area (Å²) < 4.78 is 13.9. The molecule has 1 aliphatic carbocycles. The van der Waals surface area contributed by atoms with Crippen molar-refractivity contribution in [2.75, 3.05) is 6.54 Å². The van der Waals surface area contributed by atoms with Gasteiger partial charge in [0.2, 0.25) is 0 Å². The SMILES string of the molecule is CC(C)NCC1(Cc2ccccc2F)CCCCC1. The molecule has 0 unspecified atom stereocenters. The Morgan fingerprint density at radius 3 is 2.47 bits per heavy atom. The van der Waals surface area contributed by atoms with Crippen LogP contribution in [-0.2, 0) is 6.42 Å². The Balaban J connectivity index is 2.11. The number of halogens is 1. The molecule has 1 aliphatic rings. The van der Waals surface area contributed by atoms with Crippen LogP contribution in [-0.4, -0.2) is 12.6 Å². The summed E-state index contributed by atoms with van der Waals surface area (Å²) >= 11 is 0. The van der Waals surface area contributed by atoms with Gasteiger partial charge in [0.15, 0.2) is 0 Å². The molecular formula is C17H26FN. The van der Waals surface area contributed by atoms with Crippen molar-refractivity contribution in [2.45, 2.75) is 58.4 Å². The van der Waals surface area contributed by atoms with Crippen molar-refractivity contribution in [1.29, 1.82) is 0 Å². The number of rotatable bonds is 5. The second kappa shape index (κ2) is 6.51. The second-order valence-corrected chi connectivity index (χ2v) is 6.36. The van der Waals surface area contributed by atoms with E-state index in [0.717, 1.165) is 18.5 Å². The molecule has 0 radical (unpaired) electrons. The molecule has 2 heteroatoms. The molecule has 0 atom stereocenters. The second-order valence-electron chi connectivity index (χ2n) is 6.36. The molecule has 0 aromatic heterocycles. The Hall–Kier alpha value is -0.890. The zero-order valence-electron chi connectivity index (χ0n) is 12.2. The molecule has 19 heavy (non-hydrogen) atoms. The minimum atomic E-state index is -0.0444. The van der Waals surface area contributed by atoms with Gasteiger partial charge in [0.1, 0.15) is 5.82 Å². The summed E-state index contributed by atoms with van der Waals surface area (Å²) in [5.41, 5.74) is 1.14. The van der Waals surface area contributed by atoms with E-state index >= 15 is 0 Å². The van der Waals surface area contributed by atoms with Crippen molar-refractivity contribution < 1.29 is 4.39 Å². The maximum Gasteiger partial charge on any atom is 0.126 e. The molecule has 1 nitrogen and oxygen atoms in total. The first-order valence-electron chi connectivity index (χ1n) is 7.58. The summed E-state index contributed by atoms with van der Waals surface area (Å²) in [6, 6.07) is 7.76. The van der Waals surface area contributed by atoms with Gasteiger partial charge >= 0.3 is 0 Å². The number of hydrogen-bond donors (Lipinski definition) is 1. The van der Waals surface area contributed by atoms with Gasteiger partial charge in [0.05, 0.1) is 0 Å². The fraction of sp³-hybridized carbons (Fsp3) is 0.647. The van der Waals surface area contributed by atoms with Crippen molar-refractivity contribution in [3.63, 3.8) is 0 Å². The van der Waals surface area contributed by atoms with Gasteiger partial charge in [-0.15, -0.1) is 0 Å². The molecule has 1 aromatic rings. The van der Waals surface area contributed by atoms with Gasteiger partial charge in [-0.2, -0.15) is 0 Å². The van der Waals surface area contributed by atoms with E-state index in [0.29, 0.717) is 6.04 Å². The van der Waals surface area contributed by atoms with Crippen molar-refractivity contribution >= 4 is 0 Å². The lowest BCUT2D eigenvalue weighted by molar-refractivity contribution is 0.175. The lowest BCUT2D eigenvalue weighted by Crippen LogP contribution is -2.40. The topological polar surface area (TPSA) is 12.0 Å². The third-order valence-electron chi connectivity index (χ3n) is 4.32. The van der Waals surface area contributed by atoms with Crippen LogP contribution in [0.2, 0.25) is 0 Å². The fourth-order valence-corrected chi connectivity index (χ4v) is 3.18. The van der Waals surface area contributed by atoms with Gasteiger partial charge in [0, 0.05) is 12.6 Å². The molecule has 0 heterocycles. The number of nitrogens with one attached hydrogen (secondary N) is 1. The molecule has 1 fully saturated rings. The smallest absolute Gasteiger partial charge is 0.126 e. The molecule has 1 saturated carbocycles. The Labute approximate surface area is 116 Å². The zero-order valence-corrected chi connectivity index (χ0v) is 12.2. The third kappa shape index (κ3) is 4.04. The van der Waals surface area contributed by atoms with Crippen LogP contribution in [0.4, 0.5) is 4.39 Å². The number of benzene rings is 1. The van der Waals surface area contributed by atoms with Crippen LogP contribution in [0.25, 0.3) is 0 Å². The highest BCUT2D eigenvalue weighted by Gasteiger charge is 2.32. The first-order valence-corrected chi connectivity index (χ1v) is 7.58. The van der Waals surface area contributed by atoms with Crippen molar-refractivity contribution in [1.82, 2.24) is 5.32 Å². The summed E-state index contributed by atoms with van der Waals surface area (Å²) in [7, 11) is 0. The molecule has 1 aromatic carbocycles. The summed E-state index contributed by atoms with van der Waals surface area (Å²) in [5.74, 6) is -0.0444. The largest absolute Gasteiger partial charge is 0.314 e. The van der Waals surface area contributed by atoms with E-state index in [-0.39, 0.29) is 11.2 Å². The van der Waals surface area contributed by atoms with Crippen molar-refractivity contribution in [3.05, 3.63) is 35.6 Å². The van der Waals surface area contributed by atoms with Gasteiger partial charge in [-0.05, 0) is 36.3 Å². The Bertz CT molecular complexity index is 394. The average molecular weight is 263 g/mol. The minimum Gasteiger partial charge on any atom is -0.314 e. The molecular weight excluding hydrogens is 237 g/mol. The highest BCUT2D eigenvalue weighted by molar-refractivity contribution is 5.19. The van der Waals surface area contributed by atoms with E-state index in [1.54, 1.807) is 12.1 Å². The summed E-state index contributed by atoms with van der Waals surface area (Å²) in [5, 5.41) is 3.57. The molecule has 0 amide bonds. The normalized spacial score (nSPS) is 18.7. The Kier molecular flexibility index (Phi) is 4.98. The summed E-state index contributed by atoms with van der Waals surface area (Å²) in [6.45, 7) is 5.37. The van der Waals surface area contributed by atoms with Crippen LogP contribution in [0.1, 0.15) is 51.5 Å². The van der Waals surface area contributed by atoms with Gasteiger partial charge in [-0.3, -0.25) is 0 Å². The van der Waals surface area contributed by atoms with E-state index in [2.05, 4.69) is 19.2 Å². The molecule has 0 aliphatic heterocycles. The lowest BCUT2D eigenvalue weighted by Gasteiger charge is -2.38. The standard InChI is InChI=1S/C17H26FN/c1-14(2)19-13-17(10-6-3-7-11-17)12-15-8-4-5-9-16(15)18/h4-5,8-9,14,19H,3,6-7,10-13H2,1-2H3. The van der Waals surface area contributed by atoms with Crippen molar-refractivity contribution in [2.24, 2.45) is 5.41 Å². The van der Waals surface area contributed by atoms with Crippen LogP contribution >= 0.6 is 0 Å². The van der Waals surface area contributed by atoms with E-state index in [9.17, 15) is 4.39 Å². The molecule has 1 N–H and O–H groups in total. The summed E-state index contributed by atoms with van der Waals surface area (Å²) in [4.78, 5) is 0. The lowest BCUT2D eigenvalue weighted by atomic mass is 9.70. The minimum absolute atomic E-state index is 0.0444. The van der Waals surface area contributed by atoms with Gasteiger partial charge in [-0.25, -0.2) is 4.39 Å². The Morgan fingerprint density at radius 1 is 1.16 bits per heavy atom. The van der Waals surface area contributed by atoms with Gasteiger partial charge in [-0.1, -0.05) is 51.3 Å². The predicted octanol–water partition coefficient (Wildman–Crippen LogP) is 4.32. The van der Waals surface area contributed by atoms with Gasteiger partial charge < -0.3 is 5.32 Å². The maximum absolute atomic E-state index is 13.9. The van der Waals surface area contributed by atoms with E-state index < -0.39 is 0 Å². The quantitative estimate of drug-likeness (QED) is 0.834. The molecule has 0 saturated heterocycles. The van der Waals surface area contributed by atoms with Crippen LogP contribution in [0.15, 0.2) is 24.3 Å². The predicted molar refractivity (Wildman–Crippen MR) is 78.8 cm³/mol. The van der Waals surface area contributed by atoms with E-state index in [1.165, 1.54) is 32.1 Å². The van der Waals surface area contributed by atoms with Crippen LogP contribution in [0.5, 0.6) is 0 Å². The highest BCUT2D eigenvalue weighted by Crippen LogP contribution is 2.39. The fourth-order valence-electron chi connectivity index (χ4n) is 3.18. The maximum atomic E-state index is 13.9. The Morgan fingerprint density at radius 2 is 1.84 bits per heavy atom. The molecule has 0 bridgehead atoms. The molecule has 0 spiro atoms. The van der Waals surface area contributed by atoms with Gasteiger partial charge in [0.25, 0.3) is 0 Å². The zero-order chi connectivity index (χ0) is 13.7. The monoisotopic (exact) mass is 263 g/mol. The highest BCUT2D eigenvalue weighted by atomic mass is 19.1. The van der Waals surface area contributed by atoms with E-state index in [1.807, 2.05) is 12.1 Å². The first kappa shape index (κ1) is 14.5. The number of hydrogen-bond acceptors (Lipinski definition) is 1. The molecule has 2 rings (SSSR count). The van der Waals surface area contributed by atoms with Crippen molar-refractivity contribution in [3.8, 4) is 0 Å². The van der Waals surface area contributed by atoms with E-state index in [4.69, 9.17) is 0 Å². The first-order chi connectivity index (χ1) is 9.11. The molecule has 106 valence electrons. The van der Waals surface area contributed by atoms with Crippen LogP contribution < -0.4 is 5.32 Å². The van der Waals surface area contributed by atoms with Crippen LogP contribution in [0, 0.1) is 11.2 Å².